The van der Waals surface area contributed by atoms with Crippen LogP contribution in [0.5, 0.6) is 0 Å². The smallest absolute Gasteiger partial charge is 0.253 e. The molecule has 1 amide bonds. The number of amides is 1. The minimum Gasteiger partial charge on any atom is -0.348 e. The summed E-state index contributed by atoms with van der Waals surface area (Å²) in [6.45, 7) is 0.509. The lowest BCUT2D eigenvalue weighted by atomic mass is 10.2. The Labute approximate surface area is 103 Å². The number of hydrogen-bond donors (Lipinski definition) is 3. The quantitative estimate of drug-likeness (QED) is 0.564. The molecule has 2 rings (SSSR count). The van der Waals surface area contributed by atoms with Gasteiger partial charge in [0.25, 0.3) is 5.91 Å². The molecule has 0 unspecified atom stereocenters. The van der Waals surface area contributed by atoms with Gasteiger partial charge in [-0.05, 0) is 28.5 Å². The molecule has 2 aromatic rings. The van der Waals surface area contributed by atoms with Gasteiger partial charge in [-0.25, -0.2) is 0 Å². The Hall–Kier alpha value is -1.92. The number of pyridine rings is 1. The fourth-order valence-electron chi connectivity index (χ4n) is 1.38. The van der Waals surface area contributed by atoms with Crippen LogP contribution >= 0.6 is 11.3 Å². The number of hydrazine groups is 1. The maximum Gasteiger partial charge on any atom is 0.253 e. The van der Waals surface area contributed by atoms with E-state index < -0.39 is 0 Å². The Kier molecular flexibility index (Phi) is 3.69. The van der Waals surface area contributed by atoms with Gasteiger partial charge in [0.05, 0.1) is 17.4 Å². The van der Waals surface area contributed by atoms with Crippen LogP contribution in [0.15, 0.2) is 35.3 Å². The highest BCUT2D eigenvalue weighted by molar-refractivity contribution is 7.07. The van der Waals surface area contributed by atoms with E-state index in [1.807, 2.05) is 16.8 Å². The normalized spacial score (nSPS) is 9.94. The topological polar surface area (TPSA) is 80.0 Å². The average molecular weight is 248 g/mol. The molecule has 0 spiro atoms. The molecule has 6 heteroatoms. The van der Waals surface area contributed by atoms with Gasteiger partial charge in [-0.2, -0.15) is 11.3 Å². The molecule has 4 N–H and O–H groups in total. The zero-order valence-electron chi connectivity index (χ0n) is 9.01. The molecule has 0 atom stereocenters. The second-order valence-electron chi connectivity index (χ2n) is 3.38. The van der Waals surface area contributed by atoms with Crippen LogP contribution in [0, 0.1) is 0 Å². The Morgan fingerprint density at radius 3 is 3.06 bits per heavy atom. The Bertz CT molecular complexity index is 498. The Morgan fingerprint density at radius 2 is 2.35 bits per heavy atom. The first-order chi connectivity index (χ1) is 8.31. The SMILES string of the molecule is NNc1cnccc1C(=O)NCc1ccsc1. The summed E-state index contributed by atoms with van der Waals surface area (Å²) in [5.74, 6) is 5.14. The first-order valence-corrected chi connectivity index (χ1v) is 5.95. The number of carbonyl (C=O) groups is 1. The van der Waals surface area contributed by atoms with Crippen molar-refractivity contribution in [3.8, 4) is 0 Å². The van der Waals surface area contributed by atoms with E-state index in [1.165, 1.54) is 6.20 Å². The number of carbonyl (C=O) groups excluding carboxylic acids is 1. The summed E-state index contributed by atoms with van der Waals surface area (Å²) in [5.41, 5.74) is 4.52. The number of aromatic nitrogens is 1. The van der Waals surface area contributed by atoms with Crippen LogP contribution < -0.4 is 16.6 Å². The molecular formula is C11H12N4OS. The molecule has 0 radical (unpaired) electrons. The second kappa shape index (κ2) is 5.42. The average Bonchev–Trinajstić information content (AvgIpc) is 2.89. The third-order valence-electron chi connectivity index (χ3n) is 2.25. The molecule has 0 bridgehead atoms. The van der Waals surface area contributed by atoms with E-state index in [-0.39, 0.29) is 5.91 Å². The van der Waals surface area contributed by atoms with Crippen LogP contribution in [0.25, 0.3) is 0 Å². The number of nitrogens with one attached hydrogen (secondary N) is 2. The first-order valence-electron chi connectivity index (χ1n) is 5.01. The predicted molar refractivity (Wildman–Crippen MR) is 67.5 cm³/mol. The van der Waals surface area contributed by atoms with Crippen molar-refractivity contribution >= 4 is 22.9 Å². The number of nitrogens with two attached hydrogens (primary N) is 1. The van der Waals surface area contributed by atoms with Crippen molar-refractivity contribution in [3.63, 3.8) is 0 Å². The maximum atomic E-state index is 11.9. The zero-order chi connectivity index (χ0) is 12.1. The number of hydrogen-bond acceptors (Lipinski definition) is 5. The predicted octanol–water partition coefficient (Wildman–Crippen LogP) is 1.36. The fraction of sp³-hybridized carbons (Fsp3) is 0.0909. The summed E-state index contributed by atoms with van der Waals surface area (Å²) in [7, 11) is 0. The highest BCUT2D eigenvalue weighted by Gasteiger charge is 2.10. The van der Waals surface area contributed by atoms with Crippen molar-refractivity contribution in [1.29, 1.82) is 0 Å². The molecule has 2 heterocycles. The number of anilines is 1. The number of nitrogen functional groups attached to an aromatic ring is 1. The minimum atomic E-state index is -0.174. The van der Waals surface area contributed by atoms with E-state index in [4.69, 9.17) is 5.84 Å². The molecule has 0 aliphatic carbocycles. The number of nitrogens with zero attached hydrogens (tertiary/aromatic N) is 1. The van der Waals surface area contributed by atoms with E-state index in [2.05, 4.69) is 15.7 Å². The van der Waals surface area contributed by atoms with Crippen molar-refractivity contribution in [1.82, 2.24) is 10.3 Å². The third kappa shape index (κ3) is 2.80. The van der Waals surface area contributed by atoms with E-state index in [0.717, 1.165) is 5.56 Å². The summed E-state index contributed by atoms with van der Waals surface area (Å²) in [5, 5.41) is 6.79. The van der Waals surface area contributed by atoms with Gasteiger partial charge in [0, 0.05) is 12.7 Å². The molecule has 0 fully saturated rings. The highest BCUT2D eigenvalue weighted by Crippen LogP contribution is 2.12. The lowest BCUT2D eigenvalue weighted by Crippen LogP contribution is -2.24. The molecule has 0 saturated carbocycles. The molecule has 88 valence electrons. The summed E-state index contributed by atoms with van der Waals surface area (Å²) in [6.07, 6.45) is 3.07. The standard InChI is InChI=1S/C11H12N4OS/c12-15-10-6-13-3-1-9(10)11(16)14-5-8-2-4-17-7-8/h1-4,6-7,15H,5,12H2,(H,14,16). The monoisotopic (exact) mass is 248 g/mol. The molecule has 0 aliphatic rings. The molecule has 0 aliphatic heterocycles. The molecule has 0 saturated heterocycles. The number of rotatable bonds is 4. The van der Waals surface area contributed by atoms with Crippen molar-refractivity contribution in [2.75, 3.05) is 5.43 Å². The Morgan fingerprint density at radius 1 is 1.47 bits per heavy atom. The summed E-state index contributed by atoms with van der Waals surface area (Å²) >= 11 is 1.60. The summed E-state index contributed by atoms with van der Waals surface area (Å²) < 4.78 is 0. The van der Waals surface area contributed by atoms with Crippen LogP contribution in [0.1, 0.15) is 15.9 Å². The van der Waals surface area contributed by atoms with Crippen molar-refractivity contribution in [2.24, 2.45) is 5.84 Å². The van der Waals surface area contributed by atoms with E-state index in [9.17, 15) is 4.79 Å². The Balaban J connectivity index is 2.04. The van der Waals surface area contributed by atoms with Gasteiger partial charge < -0.3 is 10.7 Å². The van der Waals surface area contributed by atoms with Gasteiger partial charge in [0.2, 0.25) is 0 Å². The van der Waals surface area contributed by atoms with Gasteiger partial charge >= 0.3 is 0 Å². The summed E-state index contributed by atoms with van der Waals surface area (Å²) in [6, 6.07) is 3.59. The van der Waals surface area contributed by atoms with Crippen LogP contribution in [0.4, 0.5) is 5.69 Å². The van der Waals surface area contributed by atoms with E-state index >= 15 is 0 Å². The molecular weight excluding hydrogens is 236 g/mol. The van der Waals surface area contributed by atoms with Gasteiger partial charge in [-0.3, -0.25) is 15.6 Å². The van der Waals surface area contributed by atoms with Crippen molar-refractivity contribution < 1.29 is 4.79 Å². The van der Waals surface area contributed by atoms with E-state index in [0.29, 0.717) is 17.8 Å². The fourth-order valence-corrected chi connectivity index (χ4v) is 2.05. The lowest BCUT2D eigenvalue weighted by molar-refractivity contribution is 0.0951. The van der Waals surface area contributed by atoms with E-state index in [1.54, 1.807) is 23.6 Å². The van der Waals surface area contributed by atoms with Gasteiger partial charge in [-0.1, -0.05) is 0 Å². The number of thiophene rings is 1. The highest BCUT2D eigenvalue weighted by atomic mass is 32.1. The largest absolute Gasteiger partial charge is 0.348 e. The molecule has 17 heavy (non-hydrogen) atoms. The summed E-state index contributed by atoms with van der Waals surface area (Å²) in [4.78, 5) is 15.8. The van der Waals surface area contributed by atoms with Gasteiger partial charge in [-0.15, -0.1) is 0 Å². The molecule has 5 nitrogen and oxygen atoms in total. The second-order valence-corrected chi connectivity index (χ2v) is 4.16. The third-order valence-corrected chi connectivity index (χ3v) is 2.99. The van der Waals surface area contributed by atoms with Crippen LogP contribution in [-0.4, -0.2) is 10.9 Å². The maximum absolute atomic E-state index is 11.9. The molecule has 2 aromatic heterocycles. The molecule has 0 aromatic carbocycles. The zero-order valence-corrected chi connectivity index (χ0v) is 9.83. The van der Waals surface area contributed by atoms with Gasteiger partial charge in [0.15, 0.2) is 0 Å². The van der Waals surface area contributed by atoms with Crippen molar-refractivity contribution in [3.05, 3.63) is 46.4 Å². The van der Waals surface area contributed by atoms with Crippen LogP contribution in [0.3, 0.4) is 0 Å². The van der Waals surface area contributed by atoms with Gasteiger partial charge in [0.1, 0.15) is 0 Å². The van der Waals surface area contributed by atoms with Crippen LogP contribution in [0.2, 0.25) is 0 Å². The first kappa shape index (κ1) is 11.6. The lowest BCUT2D eigenvalue weighted by Gasteiger charge is -2.08. The van der Waals surface area contributed by atoms with Crippen molar-refractivity contribution in [2.45, 2.75) is 6.54 Å². The minimum absolute atomic E-state index is 0.174. The van der Waals surface area contributed by atoms with Crippen LogP contribution in [-0.2, 0) is 6.54 Å².